The molecule has 4 aromatic carbocycles. The van der Waals surface area contributed by atoms with Crippen molar-refractivity contribution in [2.75, 3.05) is 23.9 Å². The van der Waals surface area contributed by atoms with Crippen molar-refractivity contribution in [3.63, 3.8) is 0 Å². The second kappa shape index (κ2) is 13.0. The number of carbonyl (C=O) groups excluding carboxylic acids is 4. The predicted octanol–water partition coefficient (Wildman–Crippen LogP) is 6.30. The first-order valence-corrected chi connectivity index (χ1v) is 17.8. The molecule has 0 radical (unpaired) electrons. The minimum Gasteiger partial charge on any atom is -0.508 e. The number of amides is 2. The third kappa shape index (κ3) is 5.13. The third-order valence-corrected chi connectivity index (χ3v) is 11.8. The van der Waals surface area contributed by atoms with Crippen molar-refractivity contribution in [1.82, 2.24) is 0 Å². The van der Waals surface area contributed by atoms with Crippen LogP contribution in [0.3, 0.4) is 0 Å². The number of Topliss-reactive ketones (excluding diaryl/α,β-unsaturated/α-hetero) is 1. The zero-order valence-electron chi connectivity index (χ0n) is 29.7. The maximum atomic E-state index is 15.1. The summed E-state index contributed by atoms with van der Waals surface area (Å²) < 4.78 is 0. The Kier molecular flexibility index (Phi) is 8.32. The molecular weight excluding hydrogens is 704 g/mol. The summed E-state index contributed by atoms with van der Waals surface area (Å²) in [6.07, 6.45) is 3.26. The molecule has 2 amide bonds. The maximum Gasteiger partial charge on any atom is 0.301 e. The second-order valence-corrected chi connectivity index (χ2v) is 14.6. The van der Waals surface area contributed by atoms with E-state index in [0.717, 1.165) is 17.0 Å². The average Bonchev–Trinajstić information content (AvgIpc) is 3.44. The van der Waals surface area contributed by atoms with Gasteiger partial charge in [-0.2, -0.15) is 0 Å². The highest BCUT2D eigenvalue weighted by Gasteiger charge is 2.66. The molecule has 0 bridgehead atoms. The molecule has 1 saturated carbocycles. The lowest BCUT2D eigenvalue weighted by atomic mass is 9.44. The molecule has 6 atom stereocenters. The number of benzene rings is 4. The normalized spacial score (nSPS) is 25.7. The van der Waals surface area contributed by atoms with Crippen LogP contribution in [0, 0.1) is 43.9 Å². The Morgan fingerprint density at radius 2 is 1.40 bits per heavy atom. The van der Waals surface area contributed by atoms with Crippen LogP contribution in [-0.2, 0) is 24.6 Å². The van der Waals surface area contributed by atoms with E-state index in [1.54, 1.807) is 78.9 Å². The maximum absolute atomic E-state index is 15.1. The Morgan fingerprint density at radius 3 is 2.00 bits per heavy atom. The van der Waals surface area contributed by atoms with E-state index in [0.29, 0.717) is 22.3 Å². The number of ketones is 2. The van der Waals surface area contributed by atoms with Gasteiger partial charge in [-0.15, -0.1) is 0 Å². The molecular formula is C42H34N4O9. The van der Waals surface area contributed by atoms with Gasteiger partial charge in [0.15, 0.2) is 17.3 Å². The second-order valence-electron chi connectivity index (χ2n) is 14.6. The van der Waals surface area contributed by atoms with Gasteiger partial charge in [0.2, 0.25) is 11.8 Å². The van der Waals surface area contributed by atoms with Crippen molar-refractivity contribution < 1.29 is 34.1 Å². The lowest BCUT2D eigenvalue weighted by Crippen LogP contribution is -2.58. The van der Waals surface area contributed by atoms with Crippen LogP contribution in [0.2, 0.25) is 0 Å². The molecule has 1 N–H and O–H groups in total. The van der Waals surface area contributed by atoms with Crippen molar-refractivity contribution >= 4 is 51.7 Å². The summed E-state index contributed by atoms with van der Waals surface area (Å²) >= 11 is 0. The number of hydrogen-bond acceptors (Lipinski definition) is 10. The number of phenolic OH excluding ortho intramolecular Hbond substituents is 1. The Bertz CT molecular complexity index is 2370. The number of fused-ring (bicyclic) bond motifs is 4. The molecule has 3 aliphatic carbocycles. The van der Waals surface area contributed by atoms with Crippen LogP contribution in [0.1, 0.15) is 35.4 Å². The van der Waals surface area contributed by atoms with Gasteiger partial charge in [-0.05, 0) is 42.0 Å². The minimum atomic E-state index is -1.54. The minimum absolute atomic E-state index is 0.00649. The van der Waals surface area contributed by atoms with E-state index in [-0.39, 0.29) is 47.1 Å². The van der Waals surface area contributed by atoms with E-state index in [9.17, 15) is 34.9 Å². The fraction of sp³-hybridized carbons (Fsp3) is 0.238. The number of nitrogens with zero attached hydrogens (tertiary/aromatic N) is 4. The summed E-state index contributed by atoms with van der Waals surface area (Å²) in [7, 11) is 2.83. The number of aromatic hydroxyl groups is 1. The molecule has 55 heavy (non-hydrogen) atoms. The summed E-state index contributed by atoms with van der Waals surface area (Å²) in [6, 6.07) is 26.3. The summed E-state index contributed by atoms with van der Waals surface area (Å²) in [4.78, 5) is 84.0. The van der Waals surface area contributed by atoms with E-state index in [1.165, 1.54) is 31.1 Å². The Labute approximate surface area is 314 Å². The van der Waals surface area contributed by atoms with Gasteiger partial charge in [0.25, 0.3) is 0 Å². The smallest absolute Gasteiger partial charge is 0.301 e. The lowest BCUT2D eigenvalue weighted by molar-refractivity contribution is -0.392. The van der Waals surface area contributed by atoms with Crippen LogP contribution in [0.15, 0.2) is 115 Å². The molecule has 0 spiro atoms. The van der Waals surface area contributed by atoms with Gasteiger partial charge in [-0.3, -0.25) is 39.4 Å². The van der Waals surface area contributed by atoms with Crippen LogP contribution in [0.4, 0.5) is 22.7 Å². The SMILES string of the molecule is CN(C)c1c([N+](=O)[O-])cc(N2C(=O)C3CC=C4C(CC5C(=O)C(c6ccccc6)=CC(=O)C5(c5ccccc5)C4c4ccccc4O)C3C2=O)cc1[N+](=O)[O-]. The first kappa shape index (κ1) is 35.3. The highest BCUT2D eigenvalue weighted by atomic mass is 16.6. The third-order valence-electron chi connectivity index (χ3n) is 11.8. The molecule has 2 fully saturated rings. The van der Waals surface area contributed by atoms with E-state index < -0.39 is 68.0 Å². The highest BCUT2D eigenvalue weighted by molar-refractivity contribution is 6.32. The fourth-order valence-electron chi connectivity index (χ4n) is 9.66. The van der Waals surface area contributed by atoms with Crippen molar-refractivity contribution in [1.29, 1.82) is 0 Å². The first-order valence-electron chi connectivity index (χ1n) is 17.8. The van der Waals surface area contributed by atoms with Crippen LogP contribution in [0.5, 0.6) is 5.75 Å². The van der Waals surface area contributed by atoms with Crippen LogP contribution >= 0.6 is 0 Å². The molecule has 4 aromatic rings. The molecule has 1 heterocycles. The van der Waals surface area contributed by atoms with Gasteiger partial charge in [-0.1, -0.05) is 90.5 Å². The Morgan fingerprint density at radius 1 is 0.800 bits per heavy atom. The zero-order valence-corrected chi connectivity index (χ0v) is 29.7. The molecule has 0 aromatic heterocycles. The molecule has 13 heteroatoms. The quantitative estimate of drug-likeness (QED) is 0.0978. The zero-order chi connectivity index (χ0) is 38.9. The monoisotopic (exact) mass is 738 g/mol. The number of carbonyl (C=O) groups is 4. The summed E-state index contributed by atoms with van der Waals surface area (Å²) in [5, 5.41) is 35.9. The van der Waals surface area contributed by atoms with Gasteiger partial charge < -0.3 is 10.0 Å². The van der Waals surface area contributed by atoms with E-state index >= 15 is 9.59 Å². The van der Waals surface area contributed by atoms with E-state index in [1.807, 2.05) is 6.08 Å². The number of rotatable bonds is 7. The number of allylic oxidation sites excluding steroid dienone is 4. The van der Waals surface area contributed by atoms with E-state index in [4.69, 9.17) is 0 Å². The lowest BCUT2D eigenvalue weighted by Gasteiger charge is -2.55. The van der Waals surface area contributed by atoms with Gasteiger partial charge in [0, 0.05) is 49.2 Å². The molecule has 6 unspecified atom stereocenters. The van der Waals surface area contributed by atoms with Crippen LogP contribution in [-0.4, -0.2) is 52.4 Å². The summed E-state index contributed by atoms with van der Waals surface area (Å²) in [5.41, 5.74) is -1.13. The molecule has 1 aliphatic heterocycles. The van der Waals surface area contributed by atoms with Crippen molar-refractivity contribution in [2.45, 2.75) is 24.2 Å². The summed E-state index contributed by atoms with van der Waals surface area (Å²) in [5.74, 6) is -6.98. The topological polar surface area (TPSA) is 181 Å². The number of imide groups is 1. The van der Waals surface area contributed by atoms with Gasteiger partial charge in [0.05, 0.1) is 32.8 Å². The number of nitro groups is 2. The molecule has 4 aliphatic rings. The molecule has 8 rings (SSSR count). The average molecular weight is 739 g/mol. The van der Waals surface area contributed by atoms with E-state index in [2.05, 4.69) is 0 Å². The molecule has 13 nitrogen and oxygen atoms in total. The number of phenols is 1. The predicted molar refractivity (Wildman–Crippen MR) is 201 cm³/mol. The van der Waals surface area contributed by atoms with Crippen molar-refractivity contribution in [3.05, 3.63) is 152 Å². The largest absolute Gasteiger partial charge is 0.508 e. The Balaban J connectivity index is 1.33. The first-order chi connectivity index (χ1) is 26.4. The van der Waals surface area contributed by atoms with Gasteiger partial charge in [0.1, 0.15) is 5.75 Å². The number of anilines is 2. The van der Waals surface area contributed by atoms with Crippen LogP contribution < -0.4 is 9.80 Å². The number of hydrogen-bond donors (Lipinski definition) is 1. The fourth-order valence-corrected chi connectivity index (χ4v) is 9.66. The molecule has 1 saturated heterocycles. The summed E-state index contributed by atoms with van der Waals surface area (Å²) in [6.45, 7) is 0. The highest BCUT2D eigenvalue weighted by Crippen LogP contribution is 2.64. The standard InChI is InChI=1S/C42H34N4O9/c1-43(2)38-32(45(52)53)19-25(20-33(38)46(54)55)44-40(50)28-18-17-26-30(36(28)41(44)51)21-31-39(49)29(23-11-5-3-6-12-23)22-35(48)42(31,24-13-7-4-8-14-24)37(26)27-15-9-10-16-34(27)47/h3-17,19-20,22,28,30-31,36-37,47H,18,21H2,1-2H3. The molecule has 276 valence electrons. The number of para-hydroxylation sites is 1. The number of nitro benzene ring substituents is 2. The van der Waals surface area contributed by atoms with Crippen LogP contribution in [0.25, 0.3) is 5.57 Å². The van der Waals surface area contributed by atoms with Crippen molar-refractivity contribution in [3.8, 4) is 5.75 Å². The Hall–Kier alpha value is -6.76. The van der Waals surface area contributed by atoms with Crippen molar-refractivity contribution in [2.24, 2.45) is 23.7 Å². The van der Waals surface area contributed by atoms with Gasteiger partial charge >= 0.3 is 11.4 Å². The van der Waals surface area contributed by atoms with Gasteiger partial charge in [-0.25, -0.2) is 4.90 Å².